The number of hydrogen-bond donors (Lipinski definition) is 3. The molecule has 2 fully saturated rings. The van der Waals surface area contributed by atoms with E-state index in [2.05, 4.69) is 67.4 Å². The number of phenols is 1. The molecule has 0 radical (unpaired) electrons. The minimum atomic E-state index is -0.477. The Morgan fingerprint density at radius 2 is 1.81 bits per heavy atom. The summed E-state index contributed by atoms with van der Waals surface area (Å²) in [4.78, 5) is 2.19. The summed E-state index contributed by atoms with van der Waals surface area (Å²) in [5, 5.41) is 29.7. The van der Waals surface area contributed by atoms with E-state index < -0.39 is 5.82 Å². The lowest BCUT2D eigenvalue weighted by Gasteiger charge is -2.45. The van der Waals surface area contributed by atoms with Crippen LogP contribution < -0.4 is 10.2 Å². The Morgan fingerprint density at radius 1 is 1.09 bits per heavy atom. The molecule has 7 nitrogen and oxygen atoms in total. The molecule has 2 aliphatic heterocycles. The molecular formula is C23H26BrFN6O. The van der Waals surface area contributed by atoms with Crippen molar-refractivity contribution in [2.45, 2.75) is 56.7 Å². The van der Waals surface area contributed by atoms with Gasteiger partial charge >= 0.3 is 0 Å². The zero-order valence-corrected chi connectivity index (χ0v) is 19.9. The van der Waals surface area contributed by atoms with Crippen molar-refractivity contribution in [1.82, 2.24) is 25.7 Å². The molecule has 0 spiro atoms. The van der Waals surface area contributed by atoms with Crippen molar-refractivity contribution in [2.24, 2.45) is 0 Å². The van der Waals surface area contributed by atoms with Crippen molar-refractivity contribution in [2.75, 3.05) is 11.9 Å². The quantitative estimate of drug-likeness (QED) is 0.483. The van der Waals surface area contributed by atoms with Crippen LogP contribution in [0.3, 0.4) is 0 Å². The molecule has 2 aromatic heterocycles. The summed E-state index contributed by atoms with van der Waals surface area (Å²) in [6, 6.07) is 6.69. The molecule has 3 atom stereocenters. The molecule has 0 saturated carbocycles. The van der Waals surface area contributed by atoms with Gasteiger partial charge in [-0.3, -0.25) is 5.10 Å². The predicted molar refractivity (Wildman–Crippen MR) is 125 cm³/mol. The van der Waals surface area contributed by atoms with Crippen LogP contribution in [0.4, 0.5) is 10.2 Å². The number of phenolic OH excluding ortho intramolecular Hbond substituents is 1. The van der Waals surface area contributed by atoms with E-state index in [0.29, 0.717) is 27.5 Å². The first-order valence-corrected chi connectivity index (χ1v) is 11.5. The average molecular weight is 501 g/mol. The number of H-pyrrole nitrogens is 1. The maximum absolute atomic E-state index is 14.8. The summed E-state index contributed by atoms with van der Waals surface area (Å²) in [6.45, 7) is 4.60. The van der Waals surface area contributed by atoms with E-state index in [1.165, 1.54) is 31.2 Å². The zero-order chi connectivity index (χ0) is 22.7. The summed E-state index contributed by atoms with van der Waals surface area (Å²) in [5.74, 6) is 0.224. The molecule has 9 heteroatoms. The monoisotopic (exact) mass is 500 g/mol. The number of hydrogen-bond acceptors (Lipinski definition) is 6. The van der Waals surface area contributed by atoms with Gasteiger partial charge in [-0.05, 0) is 79.7 Å². The van der Waals surface area contributed by atoms with Gasteiger partial charge in [-0.25, -0.2) is 4.39 Å². The summed E-state index contributed by atoms with van der Waals surface area (Å²) in [7, 11) is 2.06. The molecule has 32 heavy (non-hydrogen) atoms. The lowest BCUT2D eigenvalue weighted by Crippen LogP contribution is -2.58. The average Bonchev–Trinajstić information content (AvgIpc) is 3.27. The summed E-state index contributed by atoms with van der Waals surface area (Å²) in [5.41, 5.74) is 1.82. The van der Waals surface area contributed by atoms with E-state index in [9.17, 15) is 9.50 Å². The molecule has 168 valence electrons. The lowest BCUT2D eigenvalue weighted by atomic mass is 9.84. The van der Waals surface area contributed by atoms with Crippen LogP contribution in [-0.2, 0) is 0 Å². The number of halogens is 2. The highest BCUT2D eigenvalue weighted by molar-refractivity contribution is 9.10. The lowest BCUT2D eigenvalue weighted by molar-refractivity contribution is 0.207. The molecule has 1 aromatic carbocycles. The molecule has 4 heterocycles. The van der Waals surface area contributed by atoms with Crippen molar-refractivity contribution in [3.8, 4) is 28.1 Å². The maximum Gasteiger partial charge on any atom is 0.151 e. The largest absolute Gasteiger partial charge is 0.507 e. The summed E-state index contributed by atoms with van der Waals surface area (Å²) >= 11 is 3.30. The van der Waals surface area contributed by atoms with Crippen LogP contribution in [0.5, 0.6) is 5.75 Å². The van der Waals surface area contributed by atoms with Gasteiger partial charge in [0.2, 0.25) is 0 Å². The van der Waals surface area contributed by atoms with Crippen molar-refractivity contribution in [3.05, 3.63) is 40.9 Å². The van der Waals surface area contributed by atoms with Gasteiger partial charge in [0.1, 0.15) is 16.2 Å². The first kappa shape index (κ1) is 21.3. The number of aromatic hydroxyl groups is 1. The molecule has 5 rings (SSSR count). The first-order chi connectivity index (χ1) is 15.2. The second kappa shape index (κ2) is 7.52. The molecule has 0 amide bonds. The maximum atomic E-state index is 14.8. The SMILES string of the molecule is CN(c1ccc(-c2cc(F)c(-c3cn[nH]c3Br)cc2O)nn1)C1C[C@]2(C)CC[C@](C)(C1)N2. The number of nitrogens with zero attached hydrogens (tertiary/aromatic N) is 4. The zero-order valence-electron chi connectivity index (χ0n) is 18.3. The van der Waals surface area contributed by atoms with Crippen LogP contribution in [0.2, 0.25) is 0 Å². The van der Waals surface area contributed by atoms with E-state index in [1.807, 2.05) is 6.07 Å². The smallest absolute Gasteiger partial charge is 0.151 e. The Balaban J connectivity index is 1.39. The van der Waals surface area contributed by atoms with Gasteiger partial charge in [0, 0.05) is 40.9 Å². The van der Waals surface area contributed by atoms with Crippen molar-refractivity contribution in [3.63, 3.8) is 0 Å². The van der Waals surface area contributed by atoms with E-state index in [4.69, 9.17) is 0 Å². The third-order valence-corrected chi connectivity index (χ3v) is 7.61. The first-order valence-electron chi connectivity index (χ1n) is 10.7. The molecule has 3 aromatic rings. The van der Waals surface area contributed by atoms with Gasteiger partial charge in [-0.15, -0.1) is 10.2 Å². The number of fused-ring (bicyclic) bond motifs is 2. The second-order valence-corrected chi connectivity index (χ2v) is 10.4. The van der Waals surface area contributed by atoms with Crippen LogP contribution in [0, 0.1) is 5.82 Å². The molecule has 2 saturated heterocycles. The number of aromatic amines is 1. The van der Waals surface area contributed by atoms with Crippen LogP contribution in [0.1, 0.15) is 39.5 Å². The van der Waals surface area contributed by atoms with Crippen molar-refractivity contribution < 1.29 is 9.50 Å². The molecule has 0 aliphatic carbocycles. The number of anilines is 1. The number of nitrogens with one attached hydrogen (secondary N) is 2. The highest BCUT2D eigenvalue weighted by Crippen LogP contribution is 2.44. The fourth-order valence-corrected chi connectivity index (χ4v) is 5.79. The van der Waals surface area contributed by atoms with Gasteiger partial charge in [0.05, 0.1) is 11.9 Å². The standard InChI is InChI=1S/C23H26BrFN6O/c1-22-6-7-23(2,30-22)11-13(10-22)31(3)20-5-4-18(27-28-20)15-8-17(25)14(9-19(15)32)16-12-26-29-21(16)24/h4-5,8-9,12-13,30,32H,6-7,10-11H2,1-3H3,(H,26,29)/t13?,22-,23+. The Morgan fingerprint density at radius 3 is 2.41 bits per heavy atom. The minimum absolute atomic E-state index is 0.0688. The number of piperidine rings is 1. The number of aromatic nitrogens is 4. The van der Waals surface area contributed by atoms with Gasteiger partial charge in [-0.2, -0.15) is 5.10 Å². The van der Waals surface area contributed by atoms with Crippen molar-refractivity contribution >= 4 is 21.7 Å². The van der Waals surface area contributed by atoms with Crippen molar-refractivity contribution in [1.29, 1.82) is 0 Å². The molecule has 2 bridgehead atoms. The molecule has 2 aliphatic rings. The van der Waals surface area contributed by atoms with Gasteiger partial charge in [0.15, 0.2) is 5.82 Å². The van der Waals surface area contributed by atoms with E-state index in [1.54, 1.807) is 6.07 Å². The molecular weight excluding hydrogens is 475 g/mol. The van der Waals surface area contributed by atoms with E-state index in [-0.39, 0.29) is 22.4 Å². The van der Waals surface area contributed by atoms with E-state index >= 15 is 0 Å². The topological polar surface area (TPSA) is 90.0 Å². The Labute approximate surface area is 194 Å². The van der Waals surface area contributed by atoms with Crippen LogP contribution >= 0.6 is 15.9 Å². The van der Waals surface area contributed by atoms with Gasteiger partial charge < -0.3 is 15.3 Å². The second-order valence-electron chi connectivity index (χ2n) is 9.64. The highest BCUT2D eigenvalue weighted by Gasteiger charge is 2.49. The number of benzene rings is 1. The normalized spacial score (nSPS) is 27.0. The predicted octanol–water partition coefficient (Wildman–Crippen LogP) is 4.64. The van der Waals surface area contributed by atoms with Crippen LogP contribution in [-0.4, -0.2) is 49.7 Å². The fraction of sp³-hybridized carbons (Fsp3) is 0.435. The van der Waals surface area contributed by atoms with Crippen LogP contribution in [0.15, 0.2) is 35.1 Å². The molecule has 3 N–H and O–H groups in total. The Bertz CT molecular complexity index is 1150. The summed E-state index contributed by atoms with van der Waals surface area (Å²) < 4.78 is 15.4. The van der Waals surface area contributed by atoms with Gasteiger partial charge in [-0.1, -0.05) is 0 Å². The third-order valence-electron chi connectivity index (χ3n) is 7.01. The summed E-state index contributed by atoms with van der Waals surface area (Å²) in [6.07, 6.45) is 5.99. The fourth-order valence-electron chi connectivity index (χ4n) is 5.37. The van der Waals surface area contributed by atoms with E-state index in [0.717, 1.165) is 18.7 Å². The van der Waals surface area contributed by atoms with Gasteiger partial charge in [0.25, 0.3) is 0 Å². The third kappa shape index (κ3) is 3.67. The van der Waals surface area contributed by atoms with Crippen LogP contribution in [0.25, 0.3) is 22.4 Å². The highest BCUT2D eigenvalue weighted by atomic mass is 79.9. The minimum Gasteiger partial charge on any atom is -0.507 e. The Hall–Kier alpha value is -2.52. The Kier molecular flexibility index (Phi) is 5.01. The molecule has 1 unspecified atom stereocenters. The number of rotatable bonds is 4.